The van der Waals surface area contributed by atoms with Gasteiger partial charge in [-0.1, -0.05) is 0 Å². The number of aliphatic hydroxyl groups is 1. The number of likely N-dealkylation sites (tertiary alicyclic amines) is 1. The predicted molar refractivity (Wildman–Crippen MR) is 94.8 cm³/mol. The van der Waals surface area contributed by atoms with Crippen LogP contribution < -0.4 is 4.90 Å². The summed E-state index contributed by atoms with van der Waals surface area (Å²) in [5.41, 5.74) is 0.841. The molecule has 2 unspecified atom stereocenters. The molecule has 7 nitrogen and oxygen atoms in total. The van der Waals surface area contributed by atoms with Gasteiger partial charge >= 0.3 is 0 Å². The molecule has 3 aliphatic rings. The Balaban J connectivity index is 1.33. The molecule has 1 saturated carbocycles. The van der Waals surface area contributed by atoms with E-state index in [1.165, 1.54) is 6.42 Å². The summed E-state index contributed by atoms with van der Waals surface area (Å²) in [4.78, 5) is 4.78. The molecule has 2 aromatic heterocycles. The minimum absolute atomic E-state index is 0.133. The summed E-state index contributed by atoms with van der Waals surface area (Å²) in [6.07, 6.45) is 6.51. The number of anilines is 1. The Morgan fingerprint density at radius 3 is 2.44 bits per heavy atom. The normalized spacial score (nSPS) is 28.6. The first-order valence-corrected chi connectivity index (χ1v) is 9.69. The molecule has 3 fully saturated rings. The third-order valence-electron chi connectivity index (χ3n) is 6.26. The van der Waals surface area contributed by atoms with Gasteiger partial charge in [0.2, 0.25) is 0 Å². The van der Waals surface area contributed by atoms with Gasteiger partial charge < -0.3 is 10.0 Å². The van der Waals surface area contributed by atoms with Crippen molar-refractivity contribution < 1.29 is 5.11 Å². The topological polar surface area (TPSA) is 69.8 Å². The Morgan fingerprint density at radius 1 is 0.920 bits per heavy atom. The quantitative estimate of drug-likeness (QED) is 0.910. The lowest BCUT2D eigenvalue weighted by molar-refractivity contribution is 0.0545. The van der Waals surface area contributed by atoms with Crippen molar-refractivity contribution in [2.24, 2.45) is 0 Å². The van der Waals surface area contributed by atoms with Crippen LogP contribution in [0.3, 0.4) is 0 Å². The van der Waals surface area contributed by atoms with Crippen LogP contribution in [0, 0.1) is 0 Å². The van der Waals surface area contributed by atoms with E-state index in [4.69, 9.17) is 5.10 Å². The van der Waals surface area contributed by atoms with Crippen molar-refractivity contribution in [1.29, 1.82) is 0 Å². The first-order valence-electron chi connectivity index (χ1n) is 9.69. The Kier molecular flexibility index (Phi) is 3.86. The number of fused-ring (bicyclic) bond motifs is 1. The van der Waals surface area contributed by atoms with Gasteiger partial charge in [-0.15, -0.1) is 15.3 Å². The zero-order valence-electron chi connectivity index (χ0n) is 14.6. The summed E-state index contributed by atoms with van der Waals surface area (Å²) < 4.78 is 1.96. The average molecular weight is 342 g/mol. The summed E-state index contributed by atoms with van der Waals surface area (Å²) >= 11 is 0. The molecule has 4 heterocycles. The molecule has 0 spiro atoms. The zero-order valence-corrected chi connectivity index (χ0v) is 14.6. The van der Waals surface area contributed by atoms with Crippen LogP contribution >= 0.6 is 0 Å². The van der Waals surface area contributed by atoms with Crippen LogP contribution in [0.2, 0.25) is 0 Å². The van der Waals surface area contributed by atoms with Crippen LogP contribution in [-0.2, 0) is 0 Å². The maximum Gasteiger partial charge on any atom is 0.178 e. The number of aliphatic hydroxyl groups excluding tert-OH is 1. The van der Waals surface area contributed by atoms with E-state index in [0.29, 0.717) is 12.0 Å². The van der Waals surface area contributed by atoms with Crippen LogP contribution in [-0.4, -0.2) is 68.1 Å². The van der Waals surface area contributed by atoms with Crippen molar-refractivity contribution in [3.63, 3.8) is 0 Å². The Bertz CT molecular complexity index is 749. The summed E-state index contributed by atoms with van der Waals surface area (Å²) in [6.45, 7) is 4.26. The van der Waals surface area contributed by atoms with Gasteiger partial charge in [-0.2, -0.15) is 4.52 Å². The summed E-state index contributed by atoms with van der Waals surface area (Å²) in [5.74, 6) is 2.44. The number of hydrogen-bond acceptors (Lipinski definition) is 6. The minimum Gasteiger partial charge on any atom is -0.391 e. The van der Waals surface area contributed by atoms with Crippen molar-refractivity contribution in [3.8, 4) is 0 Å². The lowest BCUT2D eigenvalue weighted by Gasteiger charge is -2.36. The molecule has 5 rings (SSSR count). The average Bonchev–Trinajstić information content (AvgIpc) is 3.19. The Morgan fingerprint density at radius 2 is 1.76 bits per heavy atom. The number of piperidine rings is 1. The smallest absolute Gasteiger partial charge is 0.178 e. The fourth-order valence-corrected chi connectivity index (χ4v) is 4.60. The molecule has 134 valence electrons. The van der Waals surface area contributed by atoms with Crippen LogP contribution in [0.5, 0.6) is 0 Å². The Labute approximate surface area is 147 Å². The molecule has 1 aliphatic carbocycles. The lowest BCUT2D eigenvalue weighted by atomic mass is 9.94. The molecule has 25 heavy (non-hydrogen) atoms. The maximum absolute atomic E-state index is 10.2. The zero-order chi connectivity index (χ0) is 16.8. The largest absolute Gasteiger partial charge is 0.391 e. The second-order valence-electron chi connectivity index (χ2n) is 7.74. The molecule has 1 N–H and O–H groups in total. The van der Waals surface area contributed by atoms with Crippen LogP contribution in [0.15, 0.2) is 12.1 Å². The molecule has 2 aliphatic heterocycles. The highest BCUT2D eigenvalue weighted by molar-refractivity contribution is 5.47. The second-order valence-corrected chi connectivity index (χ2v) is 7.74. The second kappa shape index (κ2) is 6.21. The fraction of sp³-hybridized carbons (Fsp3) is 0.722. The van der Waals surface area contributed by atoms with Crippen molar-refractivity contribution in [2.75, 3.05) is 31.1 Å². The highest BCUT2D eigenvalue weighted by Gasteiger charge is 2.34. The third-order valence-corrected chi connectivity index (χ3v) is 6.26. The van der Waals surface area contributed by atoms with E-state index in [0.717, 1.165) is 75.6 Å². The summed E-state index contributed by atoms with van der Waals surface area (Å²) in [7, 11) is 0. The highest BCUT2D eigenvalue weighted by Crippen LogP contribution is 2.32. The number of hydrogen-bond donors (Lipinski definition) is 1. The van der Waals surface area contributed by atoms with E-state index in [1.54, 1.807) is 0 Å². The van der Waals surface area contributed by atoms with Crippen molar-refractivity contribution in [3.05, 3.63) is 18.0 Å². The van der Waals surface area contributed by atoms with Gasteiger partial charge in [-0.05, 0) is 63.7 Å². The van der Waals surface area contributed by atoms with Gasteiger partial charge in [0.1, 0.15) is 5.82 Å². The van der Waals surface area contributed by atoms with Gasteiger partial charge in [0, 0.05) is 25.0 Å². The third kappa shape index (κ3) is 2.69. The lowest BCUT2D eigenvalue weighted by Crippen LogP contribution is -2.44. The highest BCUT2D eigenvalue weighted by atomic mass is 16.3. The van der Waals surface area contributed by atoms with Crippen LogP contribution in [0.4, 0.5) is 5.82 Å². The molecule has 2 saturated heterocycles. The van der Waals surface area contributed by atoms with Gasteiger partial charge in [-0.3, -0.25) is 4.90 Å². The molecular formula is C18H26N6O. The molecule has 0 amide bonds. The predicted octanol–water partition coefficient (Wildman–Crippen LogP) is 1.43. The van der Waals surface area contributed by atoms with Gasteiger partial charge in [0.15, 0.2) is 11.5 Å². The molecule has 0 radical (unpaired) electrons. The van der Waals surface area contributed by atoms with E-state index < -0.39 is 0 Å². The molecule has 7 heteroatoms. The SMILES string of the molecule is OC1CCCC1N1CCC(c2nnc3ccc(N4CCC4)nn23)CC1. The Hall–Kier alpha value is -1.73. The van der Waals surface area contributed by atoms with Crippen molar-refractivity contribution in [2.45, 2.75) is 56.6 Å². The van der Waals surface area contributed by atoms with Crippen molar-refractivity contribution in [1.82, 2.24) is 24.7 Å². The van der Waals surface area contributed by atoms with Gasteiger partial charge in [0.25, 0.3) is 0 Å². The van der Waals surface area contributed by atoms with E-state index >= 15 is 0 Å². The molecule has 0 bridgehead atoms. The summed E-state index contributed by atoms with van der Waals surface area (Å²) in [6, 6.07) is 4.45. The van der Waals surface area contributed by atoms with E-state index in [9.17, 15) is 5.11 Å². The standard InChI is InChI=1S/C18H26N6O/c25-15-4-1-3-14(15)22-11-7-13(8-12-22)18-20-19-16-5-6-17(21-24(16)18)23-9-2-10-23/h5-6,13-15,25H,1-4,7-12H2. The fourth-order valence-electron chi connectivity index (χ4n) is 4.60. The maximum atomic E-state index is 10.2. The summed E-state index contributed by atoms with van der Waals surface area (Å²) in [5, 5.41) is 23.8. The first-order chi connectivity index (χ1) is 12.3. The van der Waals surface area contributed by atoms with Gasteiger partial charge in [-0.25, -0.2) is 0 Å². The van der Waals surface area contributed by atoms with E-state index in [-0.39, 0.29) is 6.10 Å². The molecule has 2 aromatic rings. The molecular weight excluding hydrogens is 316 g/mol. The number of aromatic nitrogens is 4. The van der Waals surface area contributed by atoms with Crippen molar-refractivity contribution >= 4 is 11.5 Å². The molecule has 2 atom stereocenters. The van der Waals surface area contributed by atoms with E-state index in [2.05, 4.69) is 26.1 Å². The van der Waals surface area contributed by atoms with E-state index in [1.807, 2.05) is 10.6 Å². The van der Waals surface area contributed by atoms with Crippen LogP contribution in [0.25, 0.3) is 5.65 Å². The minimum atomic E-state index is -0.133. The van der Waals surface area contributed by atoms with Crippen LogP contribution in [0.1, 0.15) is 50.3 Å². The first kappa shape index (κ1) is 15.5. The number of nitrogens with zero attached hydrogens (tertiary/aromatic N) is 6. The molecule has 0 aromatic carbocycles. The van der Waals surface area contributed by atoms with Gasteiger partial charge in [0.05, 0.1) is 6.10 Å². The monoisotopic (exact) mass is 342 g/mol. The number of rotatable bonds is 3.